The number of aryl methyl sites for hydroxylation is 1. The maximum absolute atomic E-state index is 12.4. The zero-order valence-electron chi connectivity index (χ0n) is 15.5. The molecule has 1 aliphatic rings. The summed E-state index contributed by atoms with van der Waals surface area (Å²) < 4.78 is 16.0. The fourth-order valence-corrected chi connectivity index (χ4v) is 3.44. The molecule has 1 aromatic heterocycles. The van der Waals surface area contributed by atoms with Gasteiger partial charge in [-0.25, -0.2) is 0 Å². The maximum atomic E-state index is 12.4. The van der Waals surface area contributed by atoms with E-state index in [0.717, 1.165) is 25.0 Å². The largest absolute Gasteiger partial charge is 0.497 e. The molecule has 0 saturated carbocycles. The van der Waals surface area contributed by atoms with Crippen LogP contribution in [0.1, 0.15) is 43.6 Å². The van der Waals surface area contributed by atoms with E-state index in [0.29, 0.717) is 23.6 Å². The first-order valence-corrected chi connectivity index (χ1v) is 8.95. The van der Waals surface area contributed by atoms with Crippen LogP contribution in [0.5, 0.6) is 11.5 Å². The van der Waals surface area contributed by atoms with Crippen LogP contribution in [0.3, 0.4) is 0 Å². The number of methoxy groups -OCH3 is 2. The van der Waals surface area contributed by atoms with E-state index < -0.39 is 0 Å². The molecule has 0 spiro atoms. The highest BCUT2D eigenvalue weighted by Gasteiger charge is 2.24. The molecule has 0 radical (unpaired) electrons. The van der Waals surface area contributed by atoms with Crippen LogP contribution in [0.2, 0.25) is 0 Å². The van der Waals surface area contributed by atoms with Gasteiger partial charge in [-0.3, -0.25) is 4.79 Å². The minimum absolute atomic E-state index is 0.0464. The van der Waals surface area contributed by atoms with Crippen molar-refractivity contribution in [2.75, 3.05) is 19.5 Å². The predicted octanol–water partition coefficient (Wildman–Crippen LogP) is 3.68. The third-order valence-electron chi connectivity index (χ3n) is 4.71. The standard InChI is InChI=1S/C20H26N2O4/c1-13(21-16-5-4-6-18-15(16)9-10-26-18)11-20(23)22-17-8-7-14(24-2)12-19(17)25-3/h7-10,12-13,16,21H,4-6,11H2,1-3H3,(H,22,23). The Morgan fingerprint density at radius 1 is 1.31 bits per heavy atom. The van der Waals surface area contributed by atoms with Gasteiger partial charge in [-0.15, -0.1) is 0 Å². The number of anilines is 1. The highest BCUT2D eigenvalue weighted by atomic mass is 16.5. The number of ether oxygens (including phenoxy) is 2. The van der Waals surface area contributed by atoms with E-state index >= 15 is 0 Å². The van der Waals surface area contributed by atoms with Gasteiger partial charge in [0.15, 0.2) is 0 Å². The highest BCUT2D eigenvalue weighted by Crippen LogP contribution is 2.31. The molecule has 0 bridgehead atoms. The molecule has 26 heavy (non-hydrogen) atoms. The number of carbonyl (C=O) groups is 1. The quantitative estimate of drug-likeness (QED) is 0.790. The van der Waals surface area contributed by atoms with Gasteiger partial charge in [0.1, 0.15) is 17.3 Å². The number of nitrogens with one attached hydrogen (secondary N) is 2. The zero-order valence-corrected chi connectivity index (χ0v) is 15.5. The van der Waals surface area contributed by atoms with E-state index in [4.69, 9.17) is 13.9 Å². The van der Waals surface area contributed by atoms with Crippen molar-refractivity contribution in [1.82, 2.24) is 5.32 Å². The normalized spacial score (nSPS) is 17.3. The van der Waals surface area contributed by atoms with Gasteiger partial charge in [0.25, 0.3) is 0 Å². The molecular weight excluding hydrogens is 332 g/mol. The molecule has 1 aliphatic carbocycles. The van der Waals surface area contributed by atoms with Crippen LogP contribution >= 0.6 is 0 Å². The topological polar surface area (TPSA) is 72.7 Å². The van der Waals surface area contributed by atoms with E-state index in [9.17, 15) is 4.79 Å². The van der Waals surface area contributed by atoms with Crippen molar-refractivity contribution >= 4 is 11.6 Å². The highest BCUT2D eigenvalue weighted by molar-refractivity contribution is 5.92. The number of hydrogen-bond acceptors (Lipinski definition) is 5. The maximum Gasteiger partial charge on any atom is 0.226 e. The van der Waals surface area contributed by atoms with E-state index in [1.807, 2.05) is 13.0 Å². The molecule has 6 heteroatoms. The number of hydrogen-bond donors (Lipinski definition) is 2. The molecule has 140 valence electrons. The Bertz CT molecular complexity index is 756. The lowest BCUT2D eigenvalue weighted by Crippen LogP contribution is -2.35. The number of benzene rings is 1. The zero-order chi connectivity index (χ0) is 18.5. The molecule has 6 nitrogen and oxygen atoms in total. The molecule has 1 heterocycles. The van der Waals surface area contributed by atoms with Crippen molar-refractivity contribution in [2.45, 2.75) is 44.7 Å². The van der Waals surface area contributed by atoms with Crippen LogP contribution in [0.25, 0.3) is 0 Å². The molecule has 0 saturated heterocycles. The molecule has 0 aliphatic heterocycles. The molecule has 2 aromatic rings. The van der Waals surface area contributed by atoms with Crippen molar-refractivity contribution < 1.29 is 18.7 Å². The number of fused-ring (bicyclic) bond motifs is 1. The second-order valence-corrected chi connectivity index (χ2v) is 6.63. The van der Waals surface area contributed by atoms with Gasteiger partial charge in [-0.05, 0) is 38.0 Å². The summed E-state index contributed by atoms with van der Waals surface area (Å²) in [4.78, 5) is 12.4. The lowest BCUT2D eigenvalue weighted by atomic mass is 9.92. The van der Waals surface area contributed by atoms with Crippen LogP contribution in [-0.2, 0) is 11.2 Å². The lowest BCUT2D eigenvalue weighted by molar-refractivity contribution is -0.116. The third kappa shape index (κ3) is 4.19. The van der Waals surface area contributed by atoms with Crippen LogP contribution in [0.15, 0.2) is 34.9 Å². The van der Waals surface area contributed by atoms with Gasteiger partial charge in [0.2, 0.25) is 5.91 Å². The number of amides is 1. The Hall–Kier alpha value is -2.47. The van der Waals surface area contributed by atoms with Gasteiger partial charge in [-0.2, -0.15) is 0 Å². The minimum Gasteiger partial charge on any atom is -0.497 e. The Morgan fingerprint density at radius 2 is 2.15 bits per heavy atom. The fraction of sp³-hybridized carbons (Fsp3) is 0.450. The van der Waals surface area contributed by atoms with E-state index in [2.05, 4.69) is 10.6 Å². The Morgan fingerprint density at radius 3 is 2.92 bits per heavy atom. The molecule has 1 aromatic carbocycles. The summed E-state index contributed by atoms with van der Waals surface area (Å²) in [5.41, 5.74) is 1.86. The summed E-state index contributed by atoms with van der Waals surface area (Å²) in [5.74, 6) is 2.27. The van der Waals surface area contributed by atoms with Crippen molar-refractivity contribution in [2.24, 2.45) is 0 Å². The lowest BCUT2D eigenvalue weighted by Gasteiger charge is -2.26. The van der Waals surface area contributed by atoms with Crippen molar-refractivity contribution in [3.05, 3.63) is 41.9 Å². The molecule has 2 unspecified atom stereocenters. The molecule has 1 amide bonds. The number of carbonyl (C=O) groups excluding carboxylic acids is 1. The molecular formula is C20H26N2O4. The summed E-state index contributed by atoms with van der Waals surface area (Å²) in [7, 11) is 3.16. The van der Waals surface area contributed by atoms with Crippen molar-refractivity contribution in [1.29, 1.82) is 0 Å². The SMILES string of the molecule is COc1ccc(NC(=O)CC(C)NC2CCCc3occc32)c(OC)c1. The molecule has 0 fully saturated rings. The van der Waals surface area contributed by atoms with Gasteiger partial charge in [-0.1, -0.05) is 0 Å². The second kappa shape index (κ2) is 8.27. The predicted molar refractivity (Wildman–Crippen MR) is 99.8 cm³/mol. The molecule has 3 rings (SSSR count). The van der Waals surface area contributed by atoms with Crippen LogP contribution in [-0.4, -0.2) is 26.2 Å². The first-order valence-electron chi connectivity index (χ1n) is 8.95. The van der Waals surface area contributed by atoms with E-state index in [1.165, 1.54) is 5.56 Å². The fourth-order valence-electron chi connectivity index (χ4n) is 3.44. The molecule has 2 N–H and O–H groups in total. The van der Waals surface area contributed by atoms with Crippen LogP contribution < -0.4 is 20.1 Å². The average Bonchev–Trinajstić information content (AvgIpc) is 3.11. The summed E-state index contributed by atoms with van der Waals surface area (Å²) in [6, 6.07) is 7.65. The van der Waals surface area contributed by atoms with Crippen LogP contribution in [0.4, 0.5) is 5.69 Å². The first-order chi connectivity index (χ1) is 12.6. The second-order valence-electron chi connectivity index (χ2n) is 6.63. The van der Waals surface area contributed by atoms with Gasteiger partial charge >= 0.3 is 0 Å². The van der Waals surface area contributed by atoms with Gasteiger partial charge in [0, 0.05) is 36.6 Å². The number of rotatable bonds is 7. The number of furan rings is 1. The smallest absolute Gasteiger partial charge is 0.226 e. The Labute approximate surface area is 153 Å². The van der Waals surface area contributed by atoms with Gasteiger partial charge < -0.3 is 24.5 Å². The van der Waals surface area contributed by atoms with Crippen LogP contribution in [0, 0.1) is 0 Å². The molecule has 2 atom stereocenters. The average molecular weight is 358 g/mol. The summed E-state index contributed by atoms with van der Waals surface area (Å²) in [6.45, 7) is 2.03. The van der Waals surface area contributed by atoms with Gasteiger partial charge in [0.05, 0.1) is 26.2 Å². The summed E-state index contributed by atoms with van der Waals surface area (Å²) in [5, 5.41) is 6.47. The summed E-state index contributed by atoms with van der Waals surface area (Å²) in [6.07, 6.45) is 5.27. The first kappa shape index (κ1) is 18.3. The monoisotopic (exact) mass is 358 g/mol. The minimum atomic E-state index is -0.0586. The van der Waals surface area contributed by atoms with E-state index in [1.54, 1.807) is 38.7 Å². The third-order valence-corrected chi connectivity index (χ3v) is 4.71. The van der Waals surface area contributed by atoms with Crippen molar-refractivity contribution in [3.8, 4) is 11.5 Å². The Kier molecular flexibility index (Phi) is 5.83. The van der Waals surface area contributed by atoms with E-state index in [-0.39, 0.29) is 18.0 Å². The Balaban J connectivity index is 1.57. The summed E-state index contributed by atoms with van der Waals surface area (Å²) >= 11 is 0. The van der Waals surface area contributed by atoms with Crippen molar-refractivity contribution in [3.63, 3.8) is 0 Å².